The first-order valence-electron chi connectivity index (χ1n) is 5.13. The smallest absolute Gasteiger partial charge is 0.198 e. The standard InChI is InChI=1S/C10H13ClN4/c1-3-7(4-2)9-13-14-10-8(11)12-5-6-15(9)10/h5-7H,3-4H2,1-2H3. The van der Waals surface area contributed by atoms with E-state index in [1.54, 1.807) is 6.20 Å². The van der Waals surface area contributed by atoms with Crippen molar-refractivity contribution in [3.63, 3.8) is 0 Å². The molecule has 0 saturated carbocycles. The fourth-order valence-electron chi connectivity index (χ4n) is 1.75. The largest absolute Gasteiger partial charge is 0.282 e. The van der Waals surface area contributed by atoms with Gasteiger partial charge in [-0.2, -0.15) is 0 Å². The molecule has 0 aliphatic rings. The van der Waals surface area contributed by atoms with Gasteiger partial charge in [-0.05, 0) is 12.8 Å². The van der Waals surface area contributed by atoms with E-state index in [0.717, 1.165) is 18.7 Å². The van der Waals surface area contributed by atoms with Gasteiger partial charge in [-0.15, -0.1) is 10.2 Å². The monoisotopic (exact) mass is 224 g/mol. The number of hydrogen-bond donors (Lipinski definition) is 0. The Morgan fingerprint density at radius 3 is 2.73 bits per heavy atom. The summed E-state index contributed by atoms with van der Waals surface area (Å²) in [5, 5.41) is 8.65. The Morgan fingerprint density at radius 1 is 1.33 bits per heavy atom. The molecule has 0 amide bonds. The highest BCUT2D eigenvalue weighted by Gasteiger charge is 2.15. The van der Waals surface area contributed by atoms with E-state index in [4.69, 9.17) is 11.6 Å². The van der Waals surface area contributed by atoms with Gasteiger partial charge in [-0.25, -0.2) is 4.98 Å². The molecule has 2 rings (SSSR count). The topological polar surface area (TPSA) is 43.1 Å². The molecular weight excluding hydrogens is 212 g/mol. The lowest BCUT2D eigenvalue weighted by molar-refractivity contribution is 0.595. The molecule has 0 saturated heterocycles. The maximum absolute atomic E-state index is 5.93. The predicted molar refractivity (Wildman–Crippen MR) is 59.1 cm³/mol. The molecule has 0 N–H and O–H groups in total. The Labute approximate surface area is 93.3 Å². The summed E-state index contributed by atoms with van der Waals surface area (Å²) in [6.45, 7) is 4.30. The van der Waals surface area contributed by atoms with Crippen LogP contribution in [0.25, 0.3) is 5.65 Å². The molecule has 15 heavy (non-hydrogen) atoms. The number of fused-ring (bicyclic) bond motifs is 1. The van der Waals surface area contributed by atoms with Gasteiger partial charge in [0.25, 0.3) is 0 Å². The van der Waals surface area contributed by atoms with Crippen molar-refractivity contribution in [2.24, 2.45) is 0 Å². The molecule has 0 fully saturated rings. The van der Waals surface area contributed by atoms with Gasteiger partial charge in [0, 0.05) is 18.3 Å². The van der Waals surface area contributed by atoms with Crippen molar-refractivity contribution in [3.8, 4) is 0 Å². The van der Waals surface area contributed by atoms with E-state index in [1.807, 2.05) is 10.6 Å². The highest BCUT2D eigenvalue weighted by molar-refractivity contribution is 6.32. The first kappa shape index (κ1) is 10.4. The van der Waals surface area contributed by atoms with Crippen LogP contribution < -0.4 is 0 Å². The van der Waals surface area contributed by atoms with E-state index >= 15 is 0 Å². The van der Waals surface area contributed by atoms with E-state index in [9.17, 15) is 0 Å². The lowest BCUT2D eigenvalue weighted by atomic mass is 10.0. The van der Waals surface area contributed by atoms with Gasteiger partial charge in [0.15, 0.2) is 10.8 Å². The van der Waals surface area contributed by atoms with Crippen molar-refractivity contribution in [2.75, 3.05) is 0 Å². The lowest BCUT2D eigenvalue weighted by Crippen LogP contribution is -2.02. The van der Waals surface area contributed by atoms with Gasteiger partial charge in [-0.1, -0.05) is 25.4 Å². The summed E-state index contributed by atoms with van der Waals surface area (Å²) in [5.74, 6) is 1.40. The van der Waals surface area contributed by atoms with Crippen LogP contribution in [0, 0.1) is 0 Å². The van der Waals surface area contributed by atoms with Crippen molar-refractivity contribution in [2.45, 2.75) is 32.6 Å². The average Bonchev–Trinajstić information content (AvgIpc) is 2.66. The van der Waals surface area contributed by atoms with Crippen molar-refractivity contribution < 1.29 is 0 Å². The third-order valence-corrected chi connectivity index (χ3v) is 2.93. The zero-order valence-corrected chi connectivity index (χ0v) is 9.57. The van der Waals surface area contributed by atoms with Crippen LogP contribution in [0.15, 0.2) is 12.4 Å². The summed E-state index contributed by atoms with van der Waals surface area (Å²) in [4.78, 5) is 3.97. The van der Waals surface area contributed by atoms with Gasteiger partial charge >= 0.3 is 0 Å². The molecule has 0 unspecified atom stereocenters. The summed E-state index contributed by atoms with van der Waals surface area (Å²) in [7, 11) is 0. The molecule has 2 aromatic heterocycles. The molecule has 0 spiro atoms. The summed E-state index contributed by atoms with van der Waals surface area (Å²) < 4.78 is 1.92. The number of rotatable bonds is 3. The third-order valence-electron chi connectivity index (χ3n) is 2.66. The Balaban J connectivity index is 2.58. The Morgan fingerprint density at radius 2 is 2.07 bits per heavy atom. The van der Waals surface area contributed by atoms with Crippen molar-refractivity contribution in [1.82, 2.24) is 19.6 Å². The number of hydrogen-bond acceptors (Lipinski definition) is 3. The van der Waals surface area contributed by atoms with Crippen molar-refractivity contribution >= 4 is 17.2 Å². The number of halogens is 1. The maximum atomic E-state index is 5.93. The third kappa shape index (κ3) is 1.69. The van der Waals surface area contributed by atoms with Crippen LogP contribution in [-0.2, 0) is 0 Å². The Hall–Kier alpha value is -1.16. The van der Waals surface area contributed by atoms with Crippen LogP contribution in [0.4, 0.5) is 0 Å². The predicted octanol–water partition coefficient (Wildman–Crippen LogP) is 2.68. The van der Waals surface area contributed by atoms with E-state index in [-0.39, 0.29) is 0 Å². The zero-order valence-electron chi connectivity index (χ0n) is 8.81. The van der Waals surface area contributed by atoms with Crippen LogP contribution in [0.1, 0.15) is 38.4 Å². The van der Waals surface area contributed by atoms with Gasteiger partial charge < -0.3 is 0 Å². The molecule has 2 aromatic rings. The maximum Gasteiger partial charge on any atom is 0.198 e. The van der Waals surface area contributed by atoms with E-state index < -0.39 is 0 Å². The van der Waals surface area contributed by atoms with E-state index in [0.29, 0.717) is 16.7 Å². The molecule has 2 heterocycles. The number of nitrogens with zero attached hydrogens (tertiary/aromatic N) is 4. The highest BCUT2D eigenvalue weighted by atomic mass is 35.5. The zero-order chi connectivity index (χ0) is 10.8. The average molecular weight is 225 g/mol. The van der Waals surface area contributed by atoms with Crippen LogP contribution in [0.5, 0.6) is 0 Å². The molecule has 80 valence electrons. The van der Waals surface area contributed by atoms with Crippen LogP contribution in [0.2, 0.25) is 5.15 Å². The summed E-state index contributed by atoms with van der Waals surface area (Å²) in [5.41, 5.74) is 0.640. The molecule has 0 radical (unpaired) electrons. The highest BCUT2D eigenvalue weighted by Crippen LogP contribution is 2.23. The Kier molecular flexibility index (Phi) is 2.86. The van der Waals surface area contributed by atoms with Gasteiger partial charge in [-0.3, -0.25) is 4.40 Å². The van der Waals surface area contributed by atoms with Crippen LogP contribution >= 0.6 is 11.6 Å². The van der Waals surface area contributed by atoms with Crippen LogP contribution in [-0.4, -0.2) is 19.6 Å². The minimum Gasteiger partial charge on any atom is -0.282 e. The van der Waals surface area contributed by atoms with Crippen molar-refractivity contribution in [1.29, 1.82) is 0 Å². The van der Waals surface area contributed by atoms with E-state index in [1.165, 1.54) is 0 Å². The van der Waals surface area contributed by atoms with E-state index in [2.05, 4.69) is 29.0 Å². The minimum atomic E-state index is 0.405. The second-order valence-corrected chi connectivity index (χ2v) is 3.84. The molecule has 0 aliphatic heterocycles. The fourth-order valence-corrected chi connectivity index (χ4v) is 1.93. The molecule has 0 aliphatic carbocycles. The summed E-state index contributed by atoms with van der Waals surface area (Å²) in [6, 6.07) is 0. The molecule has 5 heteroatoms. The SMILES string of the molecule is CCC(CC)c1nnc2c(Cl)nccn12. The molecule has 0 aromatic carbocycles. The van der Waals surface area contributed by atoms with Crippen LogP contribution in [0.3, 0.4) is 0 Å². The Bertz CT molecular complexity index is 461. The minimum absolute atomic E-state index is 0.405. The summed E-state index contributed by atoms with van der Waals surface area (Å²) >= 11 is 5.93. The second-order valence-electron chi connectivity index (χ2n) is 3.48. The van der Waals surface area contributed by atoms with Gasteiger partial charge in [0.1, 0.15) is 5.82 Å². The van der Waals surface area contributed by atoms with Crippen molar-refractivity contribution in [3.05, 3.63) is 23.4 Å². The second kappa shape index (κ2) is 4.14. The van der Waals surface area contributed by atoms with Gasteiger partial charge in [0.05, 0.1) is 0 Å². The fraction of sp³-hybridized carbons (Fsp3) is 0.500. The lowest BCUT2D eigenvalue weighted by Gasteiger charge is -2.09. The number of aromatic nitrogens is 4. The summed E-state index contributed by atoms with van der Waals surface area (Å²) in [6.07, 6.45) is 5.63. The first-order chi connectivity index (χ1) is 7.27. The quantitative estimate of drug-likeness (QED) is 0.805. The first-order valence-corrected chi connectivity index (χ1v) is 5.50. The molecular formula is C10H13ClN4. The van der Waals surface area contributed by atoms with Gasteiger partial charge in [0.2, 0.25) is 0 Å². The normalized spacial score (nSPS) is 11.5. The molecule has 4 nitrogen and oxygen atoms in total. The molecule has 0 bridgehead atoms. The molecule has 0 atom stereocenters.